The zero-order valence-corrected chi connectivity index (χ0v) is 23.1. The van der Waals surface area contributed by atoms with Gasteiger partial charge in [0.2, 0.25) is 0 Å². The van der Waals surface area contributed by atoms with E-state index >= 15 is 0 Å². The van der Waals surface area contributed by atoms with Crippen molar-refractivity contribution < 1.29 is 19.0 Å². The molecule has 2 aliphatic heterocycles. The first-order valence-corrected chi connectivity index (χ1v) is 13.3. The van der Waals surface area contributed by atoms with Crippen LogP contribution in [0.3, 0.4) is 0 Å². The predicted molar refractivity (Wildman–Crippen MR) is 147 cm³/mol. The largest absolute Gasteiger partial charge is 0.382 e. The molecule has 0 saturated carbocycles. The standard InChI is InChI=1S/C27H38N8O4/c1-26(2,3)16-7-9-17(10-8-16)34-25(36)30-12-6-11-29-13-18-20-21(39-27(4,5)38-20)24(37-18)35-15-33-19-22(28)31-14-32-23(19)35/h7-10,14-15,18,20-21,24,29H,6,11-13H2,1-5H3,(H2,28,31,32)(H2,30,34,36). The van der Waals surface area contributed by atoms with Crippen molar-refractivity contribution >= 4 is 28.7 Å². The van der Waals surface area contributed by atoms with Crippen LogP contribution in [0.15, 0.2) is 36.9 Å². The maximum Gasteiger partial charge on any atom is 0.319 e. The van der Waals surface area contributed by atoms with Gasteiger partial charge in [0.15, 0.2) is 23.5 Å². The number of nitrogens with two attached hydrogens (primary N) is 1. The first-order valence-electron chi connectivity index (χ1n) is 13.3. The summed E-state index contributed by atoms with van der Waals surface area (Å²) in [5.74, 6) is -0.416. The van der Waals surface area contributed by atoms with E-state index in [-0.39, 0.29) is 29.8 Å². The topological polar surface area (TPSA) is 150 Å². The van der Waals surface area contributed by atoms with Crippen molar-refractivity contribution in [2.75, 3.05) is 30.7 Å². The number of hydrogen-bond donors (Lipinski definition) is 4. The average Bonchev–Trinajstić information content (AvgIpc) is 3.53. The molecule has 1 aromatic carbocycles. The Kier molecular flexibility index (Phi) is 7.47. The Labute approximate surface area is 228 Å². The second-order valence-electron chi connectivity index (χ2n) is 11.5. The third-order valence-electron chi connectivity index (χ3n) is 6.96. The molecule has 4 unspecified atom stereocenters. The fraction of sp³-hybridized carbons (Fsp3) is 0.556. The summed E-state index contributed by atoms with van der Waals surface area (Å²) >= 11 is 0. The molecule has 0 aliphatic carbocycles. The summed E-state index contributed by atoms with van der Waals surface area (Å²) in [6, 6.07) is 7.71. The number of carbonyl (C=O) groups is 1. The minimum Gasteiger partial charge on any atom is -0.382 e. The van der Waals surface area contributed by atoms with E-state index in [1.54, 1.807) is 6.33 Å². The lowest BCUT2D eigenvalue weighted by atomic mass is 9.87. The number of amides is 2. The van der Waals surface area contributed by atoms with E-state index in [1.165, 1.54) is 11.9 Å². The number of carbonyl (C=O) groups excluding carboxylic acids is 1. The highest BCUT2D eigenvalue weighted by Gasteiger charge is 2.55. The van der Waals surface area contributed by atoms with Crippen molar-refractivity contribution in [3.8, 4) is 0 Å². The van der Waals surface area contributed by atoms with Crippen LogP contribution >= 0.6 is 0 Å². The van der Waals surface area contributed by atoms with Gasteiger partial charge in [-0.05, 0) is 49.9 Å². The van der Waals surface area contributed by atoms with Gasteiger partial charge in [0, 0.05) is 18.8 Å². The second-order valence-corrected chi connectivity index (χ2v) is 11.5. The van der Waals surface area contributed by atoms with Crippen LogP contribution < -0.4 is 21.7 Å². The average molecular weight is 539 g/mol. The highest BCUT2D eigenvalue weighted by molar-refractivity contribution is 5.89. The van der Waals surface area contributed by atoms with Crippen LogP contribution in [0.1, 0.15) is 52.8 Å². The predicted octanol–water partition coefficient (Wildman–Crippen LogP) is 2.92. The van der Waals surface area contributed by atoms with Gasteiger partial charge in [0.1, 0.15) is 30.2 Å². The fourth-order valence-electron chi connectivity index (χ4n) is 4.99. The third kappa shape index (κ3) is 5.98. The highest BCUT2D eigenvalue weighted by atomic mass is 16.8. The quantitative estimate of drug-likeness (QED) is 0.317. The number of nitrogens with one attached hydrogen (secondary N) is 3. The number of rotatable bonds is 8. The maximum absolute atomic E-state index is 12.3. The molecule has 5 rings (SSSR count). The molecule has 0 bridgehead atoms. The summed E-state index contributed by atoms with van der Waals surface area (Å²) in [6.45, 7) is 12.1. The number of hydrogen-bond acceptors (Lipinski definition) is 9. The van der Waals surface area contributed by atoms with E-state index in [0.29, 0.717) is 36.6 Å². The second kappa shape index (κ2) is 10.7. The van der Waals surface area contributed by atoms with E-state index < -0.39 is 12.0 Å². The van der Waals surface area contributed by atoms with Crippen LogP contribution in [0.25, 0.3) is 11.2 Å². The Hall–Kier alpha value is -3.32. The van der Waals surface area contributed by atoms with E-state index in [0.717, 1.165) is 12.1 Å². The molecule has 2 fully saturated rings. The number of nitrogen functional groups attached to an aromatic ring is 1. The molecule has 210 valence electrons. The molecule has 0 radical (unpaired) electrons. The van der Waals surface area contributed by atoms with Crippen LogP contribution in [-0.2, 0) is 19.6 Å². The number of aromatic nitrogens is 4. The Balaban J connectivity index is 1.09. The lowest BCUT2D eigenvalue weighted by molar-refractivity contribution is -0.195. The van der Waals surface area contributed by atoms with Crippen molar-refractivity contribution in [2.45, 2.75) is 76.8 Å². The van der Waals surface area contributed by atoms with Crippen molar-refractivity contribution in [1.82, 2.24) is 30.2 Å². The number of urea groups is 1. The lowest BCUT2D eigenvalue weighted by Gasteiger charge is -2.25. The molecular formula is C27H38N8O4. The van der Waals surface area contributed by atoms with Gasteiger partial charge >= 0.3 is 6.03 Å². The third-order valence-corrected chi connectivity index (χ3v) is 6.96. The summed E-state index contributed by atoms with van der Waals surface area (Å²) in [5, 5.41) is 9.20. The van der Waals surface area contributed by atoms with E-state index in [9.17, 15) is 4.79 Å². The van der Waals surface area contributed by atoms with Crippen LogP contribution in [0.2, 0.25) is 0 Å². The molecule has 4 atom stereocenters. The van der Waals surface area contributed by atoms with Gasteiger partial charge in [-0.1, -0.05) is 32.9 Å². The van der Waals surface area contributed by atoms with E-state index in [4.69, 9.17) is 19.9 Å². The number of anilines is 2. The molecular weight excluding hydrogens is 500 g/mol. The first kappa shape index (κ1) is 27.3. The number of ether oxygens (including phenoxy) is 3. The minimum absolute atomic E-state index is 0.0730. The molecule has 4 heterocycles. The van der Waals surface area contributed by atoms with Crippen LogP contribution in [0, 0.1) is 0 Å². The smallest absolute Gasteiger partial charge is 0.319 e. The Morgan fingerprint density at radius 3 is 2.56 bits per heavy atom. The van der Waals surface area contributed by atoms with Crippen molar-refractivity contribution in [2.24, 2.45) is 0 Å². The molecule has 5 N–H and O–H groups in total. The van der Waals surface area contributed by atoms with Crippen molar-refractivity contribution in [3.05, 3.63) is 42.5 Å². The Morgan fingerprint density at radius 2 is 1.82 bits per heavy atom. The summed E-state index contributed by atoms with van der Waals surface area (Å²) in [7, 11) is 0. The van der Waals surface area contributed by atoms with Gasteiger partial charge in [-0.2, -0.15) is 0 Å². The van der Waals surface area contributed by atoms with Crippen molar-refractivity contribution in [1.29, 1.82) is 0 Å². The number of nitrogens with zero attached hydrogens (tertiary/aromatic N) is 4. The monoisotopic (exact) mass is 538 g/mol. The van der Waals surface area contributed by atoms with E-state index in [1.807, 2.05) is 42.7 Å². The maximum atomic E-state index is 12.3. The number of imidazole rings is 1. The fourth-order valence-corrected chi connectivity index (χ4v) is 4.99. The van der Waals surface area contributed by atoms with Gasteiger partial charge in [0.05, 0.1) is 6.33 Å². The highest BCUT2D eigenvalue weighted by Crippen LogP contribution is 2.43. The summed E-state index contributed by atoms with van der Waals surface area (Å²) in [5.41, 5.74) is 9.13. The van der Waals surface area contributed by atoms with Crippen LogP contribution in [0.4, 0.5) is 16.3 Å². The molecule has 0 spiro atoms. The van der Waals surface area contributed by atoms with E-state index in [2.05, 4.69) is 51.7 Å². The molecule has 12 heteroatoms. The zero-order valence-electron chi connectivity index (χ0n) is 23.1. The van der Waals surface area contributed by atoms with Gasteiger partial charge in [-0.25, -0.2) is 19.7 Å². The Morgan fingerprint density at radius 1 is 1.08 bits per heavy atom. The normalized spacial score (nSPS) is 24.1. The van der Waals surface area contributed by atoms with Crippen molar-refractivity contribution in [3.63, 3.8) is 0 Å². The summed E-state index contributed by atoms with van der Waals surface area (Å²) in [4.78, 5) is 25.0. The van der Waals surface area contributed by atoms with Crippen LogP contribution in [-0.4, -0.2) is 69.3 Å². The molecule has 2 aliphatic rings. The van der Waals surface area contributed by atoms with Gasteiger partial charge in [-0.3, -0.25) is 4.57 Å². The summed E-state index contributed by atoms with van der Waals surface area (Å²) < 4.78 is 20.6. The SMILES string of the molecule is CC1(C)OC2C(CNCCCNC(=O)Nc3ccc(C(C)(C)C)cc3)OC(n3cnc4c(N)ncnc43)C2O1. The first-order chi connectivity index (χ1) is 18.5. The zero-order chi connectivity index (χ0) is 27.8. The number of benzene rings is 1. The van der Waals surface area contributed by atoms with Crippen LogP contribution in [0.5, 0.6) is 0 Å². The Bertz CT molecular complexity index is 1300. The summed E-state index contributed by atoms with van der Waals surface area (Å²) in [6.07, 6.45) is 2.51. The molecule has 12 nitrogen and oxygen atoms in total. The number of fused-ring (bicyclic) bond motifs is 2. The molecule has 2 saturated heterocycles. The molecule has 3 aromatic rings. The minimum atomic E-state index is -0.732. The van der Waals surface area contributed by atoms with Gasteiger partial charge in [-0.15, -0.1) is 0 Å². The lowest BCUT2D eigenvalue weighted by Crippen LogP contribution is -2.38. The molecule has 2 amide bonds. The van der Waals surface area contributed by atoms with Gasteiger partial charge < -0.3 is 35.9 Å². The molecule has 2 aromatic heterocycles. The molecule has 39 heavy (non-hydrogen) atoms. The van der Waals surface area contributed by atoms with Gasteiger partial charge in [0.25, 0.3) is 0 Å².